The second kappa shape index (κ2) is 8.31. The van der Waals surface area contributed by atoms with E-state index in [4.69, 9.17) is 9.84 Å². The molecule has 2 aromatic rings. The Morgan fingerprint density at radius 2 is 2.07 bits per heavy atom. The summed E-state index contributed by atoms with van der Waals surface area (Å²) >= 11 is 0. The number of nitrogens with zero attached hydrogens (tertiary/aromatic N) is 2. The highest BCUT2D eigenvalue weighted by Crippen LogP contribution is 2.41. The average Bonchev–Trinajstić information content (AvgIpc) is 3.10. The second-order valence-electron chi connectivity index (χ2n) is 9.52. The van der Waals surface area contributed by atoms with Crippen molar-refractivity contribution in [1.82, 2.24) is 15.1 Å². The molecule has 0 saturated heterocycles. The first kappa shape index (κ1) is 20.1. The van der Waals surface area contributed by atoms with Crippen LogP contribution in [0.25, 0.3) is 0 Å². The molecule has 4 rings (SSSR count). The Hall–Kier alpha value is -2.14. The van der Waals surface area contributed by atoms with E-state index in [0.717, 1.165) is 45.1 Å². The van der Waals surface area contributed by atoms with Gasteiger partial charge in [-0.2, -0.15) is 5.10 Å². The molecule has 0 unspecified atom stereocenters. The van der Waals surface area contributed by atoms with Gasteiger partial charge in [0.2, 0.25) is 5.91 Å². The molecule has 1 amide bonds. The first-order chi connectivity index (χ1) is 13.9. The van der Waals surface area contributed by atoms with E-state index in [1.807, 2.05) is 12.3 Å². The first-order valence-electron chi connectivity index (χ1n) is 10.9. The van der Waals surface area contributed by atoms with Crippen LogP contribution in [0.15, 0.2) is 36.5 Å². The van der Waals surface area contributed by atoms with Gasteiger partial charge in [-0.3, -0.25) is 9.48 Å². The lowest BCUT2D eigenvalue weighted by Crippen LogP contribution is -2.41. The van der Waals surface area contributed by atoms with Gasteiger partial charge in [0.15, 0.2) is 0 Å². The van der Waals surface area contributed by atoms with Crippen molar-refractivity contribution in [3.8, 4) is 0 Å². The smallest absolute Gasteiger partial charge is 0.223 e. The number of hydrogen-bond acceptors (Lipinski definition) is 3. The van der Waals surface area contributed by atoms with E-state index in [2.05, 4.69) is 48.1 Å². The normalized spacial score (nSPS) is 26.0. The lowest BCUT2D eigenvalue weighted by atomic mass is 9.74. The van der Waals surface area contributed by atoms with E-state index in [-0.39, 0.29) is 29.4 Å². The molecule has 1 saturated carbocycles. The summed E-state index contributed by atoms with van der Waals surface area (Å²) in [5.41, 5.74) is 3.82. The van der Waals surface area contributed by atoms with Crippen LogP contribution in [-0.4, -0.2) is 28.9 Å². The summed E-state index contributed by atoms with van der Waals surface area (Å²) in [4.78, 5) is 13.1. The molecule has 0 bridgehead atoms. The van der Waals surface area contributed by atoms with E-state index in [0.29, 0.717) is 0 Å². The number of fused-ring (bicyclic) bond motifs is 1. The van der Waals surface area contributed by atoms with Gasteiger partial charge in [-0.25, -0.2) is 0 Å². The summed E-state index contributed by atoms with van der Waals surface area (Å²) in [5, 5.41) is 8.07. The number of benzene rings is 1. The van der Waals surface area contributed by atoms with Crippen molar-refractivity contribution in [2.24, 2.45) is 11.3 Å². The van der Waals surface area contributed by atoms with Crippen LogP contribution in [0.1, 0.15) is 68.8 Å². The Kier molecular flexibility index (Phi) is 5.77. The van der Waals surface area contributed by atoms with Gasteiger partial charge in [-0.05, 0) is 43.1 Å². The van der Waals surface area contributed by atoms with Gasteiger partial charge < -0.3 is 10.1 Å². The molecule has 1 N–H and O–H groups in total. The van der Waals surface area contributed by atoms with Crippen molar-refractivity contribution in [1.29, 1.82) is 0 Å². The van der Waals surface area contributed by atoms with Crippen LogP contribution in [0.5, 0.6) is 0 Å². The molecule has 29 heavy (non-hydrogen) atoms. The van der Waals surface area contributed by atoms with Crippen molar-refractivity contribution in [3.05, 3.63) is 53.3 Å². The zero-order chi connectivity index (χ0) is 20.4. The van der Waals surface area contributed by atoms with Crippen LogP contribution in [0.3, 0.4) is 0 Å². The quantitative estimate of drug-likeness (QED) is 0.823. The van der Waals surface area contributed by atoms with Crippen molar-refractivity contribution in [2.75, 3.05) is 7.11 Å². The maximum Gasteiger partial charge on any atom is 0.223 e. The van der Waals surface area contributed by atoms with Gasteiger partial charge in [0, 0.05) is 24.3 Å². The zero-order valence-corrected chi connectivity index (χ0v) is 17.9. The topological polar surface area (TPSA) is 56.1 Å². The highest BCUT2D eigenvalue weighted by atomic mass is 16.5. The van der Waals surface area contributed by atoms with Crippen molar-refractivity contribution < 1.29 is 9.53 Å². The number of aromatic nitrogens is 2. The molecular weight excluding hydrogens is 362 g/mol. The van der Waals surface area contributed by atoms with Gasteiger partial charge in [-0.1, -0.05) is 50.6 Å². The number of carbonyl (C=O) groups excluding carboxylic acids is 1. The Morgan fingerprint density at radius 1 is 1.28 bits per heavy atom. The zero-order valence-electron chi connectivity index (χ0n) is 17.9. The first-order valence-corrected chi connectivity index (χ1v) is 10.9. The number of nitrogens with one attached hydrogen (secondary N) is 1. The summed E-state index contributed by atoms with van der Waals surface area (Å²) in [6.45, 7) is 5.35. The standard InChI is InChI=1S/C24H33N3O2/c1-24(2)13-21(26-23(28)18-10-7-11-19(12-18)29-3)20-15-25-27(22(20)14-24)16-17-8-5-4-6-9-17/h4-6,8-9,15,18-19,21H,7,10-14,16H2,1-3H3,(H,26,28)/t18-,19+,21-/m0/s1. The van der Waals surface area contributed by atoms with Crippen LogP contribution >= 0.6 is 0 Å². The molecule has 5 heteroatoms. The molecule has 156 valence electrons. The van der Waals surface area contributed by atoms with Crippen LogP contribution in [0.2, 0.25) is 0 Å². The van der Waals surface area contributed by atoms with E-state index < -0.39 is 0 Å². The number of hydrogen-bond donors (Lipinski definition) is 1. The summed E-state index contributed by atoms with van der Waals surface area (Å²) in [6, 6.07) is 10.5. The fraction of sp³-hybridized carbons (Fsp3) is 0.583. The van der Waals surface area contributed by atoms with Crippen LogP contribution < -0.4 is 5.32 Å². The lowest BCUT2D eigenvalue weighted by molar-refractivity contribution is -0.128. The minimum atomic E-state index is 0.0358. The largest absolute Gasteiger partial charge is 0.381 e. The van der Waals surface area contributed by atoms with Crippen molar-refractivity contribution >= 4 is 5.91 Å². The molecule has 0 spiro atoms. The van der Waals surface area contributed by atoms with E-state index in [1.54, 1.807) is 7.11 Å². The molecule has 1 heterocycles. The number of ether oxygens (including phenoxy) is 1. The Bertz CT molecular complexity index is 843. The monoisotopic (exact) mass is 395 g/mol. The SMILES string of the molecule is CO[C@@H]1CCC[C@H](C(=O)N[C@H]2CC(C)(C)Cc3c2cnn3Cc2ccccc2)C1. The van der Waals surface area contributed by atoms with Gasteiger partial charge in [0.25, 0.3) is 0 Å². The lowest BCUT2D eigenvalue weighted by Gasteiger charge is -2.37. The molecule has 3 atom stereocenters. The highest BCUT2D eigenvalue weighted by Gasteiger charge is 2.37. The maximum absolute atomic E-state index is 13.1. The summed E-state index contributed by atoms with van der Waals surface area (Å²) in [5.74, 6) is 0.234. The molecule has 1 fully saturated rings. The average molecular weight is 396 g/mol. The molecule has 5 nitrogen and oxygen atoms in total. The molecule has 2 aliphatic carbocycles. The minimum absolute atomic E-state index is 0.0358. The summed E-state index contributed by atoms with van der Waals surface area (Å²) in [7, 11) is 1.75. The fourth-order valence-electron chi connectivity index (χ4n) is 5.01. The van der Waals surface area contributed by atoms with Crippen molar-refractivity contribution in [2.45, 2.75) is 71.1 Å². The Morgan fingerprint density at radius 3 is 2.83 bits per heavy atom. The third kappa shape index (κ3) is 4.55. The molecule has 1 aromatic carbocycles. The second-order valence-corrected chi connectivity index (χ2v) is 9.52. The highest BCUT2D eigenvalue weighted by molar-refractivity contribution is 5.79. The van der Waals surface area contributed by atoms with Crippen LogP contribution in [-0.2, 0) is 22.5 Å². The Balaban J connectivity index is 1.52. The fourth-order valence-corrected chi connectivity index (χ4v) is 5.01. The van der Waals surface area contributed by atoms with Crippen LogP contribution in [0, 0.1) is 11.3 Å². The molecular formula is C24H33N3O2. The predicted octanol–water partition coefficient (Wildman–Crippen LogP) is 4.27. The minimum Gasteiger partial charge on any atom is -0.381 e. The van der Waals surface area contributed by atoms with E-state index in [1.165, 1.54) is 16.8 Å². The number of carbonyl (C=O) groups is 1. The predicted molar refractivity (Wildman–Crippen MR) is 114 cm³/mol. The molecule has 1 aromatic heterocycles. The third-order valence-corrected chi connectivity index (χ3v) is 6.58. The van der Waals surface area contributed by atoms with Gasteiger partial charge >= 0.3 is 0 Å². The number of rotatable bonds is 5. The van der Waals surface area contributed by atoms with Crippen molar-refractivity contribution in [3.63, 3.8) is 0 Å². The summed E-state index contributed by atoms with van der Waals surface area (Å²) in [6.07, 6.45) is 8.03. The maximum atomic E-state index is 13.1. The number of amides is 1. The molecule has 0 aliphatic heterocycles. The van der Waals surface area contributed by atoms with Gasteiger partial charge in [0.05, 0.1) is 24.9 Å². The third-order valence-electron chi connectivity index (χ3n) is 6.58. The molecule has 2 aliphatic rings. The molecule has 0 radical (unpaired) electrons. The van der Waals surface area contributed by atoms with E-state index in [9.17, 15) is 4.79 Å². The van der Waals surface area contributed by atoms with E-state index >= 15 is 0 Å². The Labute approximate surface area is 173 Å². The summed E-state index contributed by atoms with van der Waals surface area (Å²) < 4.78 is 7.63. The van der Waals surface area contributed by atoms with Gasteiger partial charge in [0.1, 0.15) is 0 Å². The van der Waals surface area contributed by atoms with Gasteiger partial charge in [-0.15, -0.1) is 0 Å². The number of methoxy groups -OCH3 is 1. The van der Waals surface area contributed by atoms with Crippen LogP contribution in [0.4, 0.5) is 0 Å².